The molecule has 96 valence electrons. The minimum absolute atomic E-state index is 0.556. The van der Waals surface area contributed by atoms with E-state index < -0.39 is 35.0 Å². The zero-order valence-electron chi connectivity index (χ0n) is 8.19. The normalized spacial score (nSPS) is 11.8. The van der Waals surface area contributed by atoms with Crippen molar-refractivity contribution in [3.8, 4) is 11.6 Å². The van der Waals surface area contributed by atoms with E-state index in [9.17, 15) is 22.0 Å². The van der Waals surface area contributed by atoms with E-state index in [1.165, 1.54) is 0 Å². The molecule has 0 N–H and O–H groups in total. The number of rotatable bonds is 3. The minimum atomic E-state index is -5.04. The molecule has 17 heavy (non-hydrogen) atoms. The summed E-state index contributed by atoms with van der Waals surface area (Å²) in [4.78, 5) is 3.25. The van der Waals surface area contributed by atoms with Gasteiger partial charge in [-0.25, -0.2) is 13.8 Å². The van der Waals surface area contributed by atoms with Gasteiger partial charge >= 0.3 is 6.36 Å². The molecule has 0 aromatic carbocycles. The summed E-state index contributed by atoms with van der Waals surface area (Å²) in [5.74, 6) is -1.56. The van der Waals surface area contributed by atoms with Crippen molar-refractivity contribution < 1.29 is 31.4 Å². The lowest BCUT2D eigenvalue weighted by atomic mass is 10.2. The zero-order valence-corrected chi connectivity index (χ0v) is 8.94. The molecule has 1 rings (SSSR count). The largest absolute Gasteiger partial charge is 0.573 e. The van der Waals surface area contributed by atoms with Crippen molar-refractivity contribution in [3.63, 3.8) is 0 Å². The Labute approximate surface area is 97.1 Å². The molecule has 1 aromatic heterocycles. The van der Waals surface area contributed by atoms with Crippen molar-refractivity contribution in [1.82, 2.24) is 4.98 Å². The van der Waals surface area contributed by atoms with Gasteiger partial charge in [0.2, 0.25) is 5.88 Å². The van der Waals surface area contributed by atoms with Crippen LogP contribution < -0.4 is 9.47 Å². The molecule has 1 heterocycles. The predicted octanol–water partition coefficient (Wildman–Crippen LogP) is 3.58. The van der Waals surface area contributed by atoms with Gasteiger partial charge in [0.1, 0.15) is 5.56 Å². The SMILES string of the molecule is COc1ncc(OC(F)(F)F)c(Cl)c1C(F)F. The molecule has 0 atom stereocenters. The highest BCUT2D eigenvalue weighted by atomic mass is 35.5. The van der Waals surface area contributed by atoms with Gasteiger partial charge in [-0.05, 0) is 0 Å². The molecule has 0 saturated heterocycles. The molecule has 3 nitrogen and oxygen atoms in total. The number of hydrogen-bond donors (Lipinski definition) is 0. The van der Waals surface area contributed by atoms with Gasteiger partial charge < -0.3 is 9.47 Å². The van der Waals surface area contributed by atoms with Crippen LogP contribution in [0.15, 0.2) is 6.20 Å². The summed E-state index contributed by atoms with van der Waals surface area (Å²) in [7, 11) is 1.04. The van der Waals surface area contributed by atoms with E-state index in [2.05, 4.69) is 14.5 Å². The van der Waals surface area contributed by atoms with Crippen molar-refractivity contribution in [2.75, 3.05) is 7.11 Å². The second-order valence-corrected chi connectivity index (χ2v) is 3.09. The first-order chi connectivity index (χ1) is 7.76. The van der Waals surface area contributed by atoms with E-state index in [0.717, 1.165) is 7.11 Å². The number of methoxy groups -OCH3 is 1. The van der Waals surface area contributed by atoms with Gasteiger partial charge in [-0.3, -0.25) is 0 Å². The summed E-state index contributed by atoms with van der Waals surface area (Å²) in [6, 6.07) is 0. The molecule has 0 bridgehead atoms. The molecular weight excluding hydrogens is 273 g/mol. The fraction of sp³-hybridized carbons (Fsp3) is 0.375. The Morgan fingerprint density at radius 3 is 2.35 bits per heavy atom. The molecule has 0 saturated carbocycles. The molecule has 0 aliphatic carbocycles. The standard InChI is InChI=1S/C8H5ClF5NO2/c1-16-7-4(6(10)11)5(9)3(2-15-7)17-8(12,13)14/h2,6H,1H3. The van der Waals surface area contributed by atoms with Crippen LogP contribution in [-0.2, 0) is 0 Å². The van der Waals surface area contributed by atoms with Crippen molar-refractivity contribution in [2.24, 2.45) is 0 Å². The van der Waals surface area contributed by atoms with E-state index in [0.29, 0.717) is 6.20 Å². The molecular formula is C8H5ClF5NO2. The third-order valence-electron chi connectivity index (χ3n) is 1.62. The second kappa shape index (κ2) is 4.91. The minimum Gasteiger partial charge on any atom is -0.481 e. The average Bonchev–Trinajstić information content (AvgIpc) is 2.18. The van der Waals surface area contributed by atoms with Gasteiger partial charge in [-0.1, -0.05) is 11.6 Å². The Balaban J connectivity index is 3.23. The number of pyridine rings is 1. The summed E-state index contributed by atoms with van der Waals surface area (Å²) < 4.78 is 68.7. The van der Waals surface area contributed by atoms with E-state index in [1.807, 2.05) is 0 Å². The topological polar surface area (TPSA) is 31.4 Å². The van der Waals surface area contributed by atoms with E-state index in [-0.39, 0.29) is 0 Å². The summed E-state index contributed by atoms with van der Waals surface area (Å²) in [5.41, 5.74) is -0.948. The van der Waals surface area contributed by atoms with Crippen molar-refractivity contribution in [3.05, 3.63) is 16.8 Å². The fourth-order valence-corrected chi connectivity index (χ4v) is 1.27. The molecule has 0 radical (unpaired) electrons. The molecule has 1 aromatic rings. The summed E-state index contributed by atoms with van der Waals surface area (Å²) in [6.07, 6.45) is -7.62. The first-order valence-electron chi connectivity index (χ1n) is 4.02. The molecule has 9 heteroatoms. The number of alkyl halides is 5. The highest BCUT2D eigenvalue weighted by Gasteiger charge is 2.34. The number of hydrogen-bond acceptors (Lipinski definition) is 3. The number of nitrogens with zero attached hydrogens (tertiary/aromatic N) is 1. The van der Waals surface area contributed by atoms with Crippen LogP contribution in [0.3, 0.4) is 0 Å². The average molecular weight is 278 g/mol. The molecule has 0 fully saturated rings. The van der Waals surface area contributed by atoms with Crippen LogP contribution in [0.1, 0.15) is 12.0 Å². The van der Waals surface area contributed by atoms with E-state index in [1.54, 1.807) is 0 Å². The van der Waals surface area contributed by atoms with E-state index in [4.69, 9.17) is 11.6 Å². The second-order valence-electron chi connectivity index (χ2n) is 2.71. The molecule has 0 aliphatic rings. The Morgan fingerprint density at radius 1 is 1.35 bits per heavy atom. The van der Waals surface area contributed by atoms with Gasteiger partial charge in [-0.2, -0.15) is 0 Å². The number of halogens is 6. The smallest absolute Gasteiger partial charge is 0.481 e. The maximum Gasteiger partial charge on any atom is 0.573 e. The Hall–Kier alpha value is -1.31. The molecule has 0 aliphatic heterocycles. The highest BCUT2D eigenvalue weighted by molar-refractivity contribution is 6.33. The van der Waals surface area contributed by atoms with Crippen LogP contribution in [0.5, 0.6) is 11.6 Å². The van der Waals surface area contributed by atoms with Gasteiger partial charge in [0.15, 0.2) is 5.75 Å². The fourth-order valence-electron chi connectivity index (χ4n) is 1.02. The molecule has 0 spiro atoms. The van der Waals surface area contributed by atoms with Crippen molar-refractivity contribution in [1.29, 1.82) is 0 Å². The van der Waals surface area contributed by atoms with E-state index >= 15 is 0 Å². The lowest BCUT2D eigenvalue weighted by molar-refractivity contribution is -0.274. The van der Waals surface area contributed by atoms with Gasteiger partial charge in [0.05, 0.1) is 18.3 Å². The zero-order chi connectivity index (χ0) is 13.2. The van der Waals surface area contributed by atoms with Gasteiger partial charge in [0.25, 0.3) is 6.43 Å². The highest BCUT2D eigenvalue weighted by Crippen LogP contribution is 2.40. The quantitative estimate of drug-likeness (QED) is 0.791. The lowest BCUT2D eigenvalue weighted by Crippen LogP contribution is -2.18. The first kappa shape index (κ1) is 13.8. The Morgan fingerprint density at radius 2 is 1.94 bits per heavy atom. The number of aromatic nitrogens is 1. The maximum atomic E-state index is 12.5. The van der Waals surface area contributed by atoms with Crippen LogP contribution in [0.2, 0.25) is 5.02 Å². The monoisotopic (exact) mass is 277 g/mol. The van der Waals surface area contributed by atoms with Crippen LogP contribution >= 0.6 is 11.6 Å². The summed E-state index contributed by atoms with van der Waals surface area (Å²) >= 11 is 5.37. The predicted molar refractivity (Wildman–Crippen MR) is 47.4 cm³/mol. The van der Waals surface area contributed by atoms with Crippen molar-refractivity contribution >= 4 is 11.6 Å². The molecule has 0 unspecified atom stereocenters. The van der Waals surface area contributed by atoms with Crippen LogP contribution in [-0.4, -0.2) is 18.5 Å². The lowest BCUT2D eigenvalue weighted by Gasteiger charge is -2.14. The van der Waals surface area contributed by atoms with Crippen LogP contribution in [0.4, 0.5) is 22.0 Å². The summed E-state index contributed by atoms with van der Waals surface area (Å²) in [5, 5.41) is -0.885. The first-order valence-corrected chi connectivity index (χ1v) is 4.40. The number of ether oxygens (including phenoxy) is 2. The van der Waals surface area contributed by atoms with Crippen molar-refractivity contribution in [2.45, 2.75) is 12.8 Å². The van der Waals surface area contributed by atoms with Crippen LogP contribution in [0.25, 0.3) is 0 Å². The Bertz CT molecular complexity index is 410. The Kier molecular flexibility index (Phi) is 3.97. The third-order valence-corrected chi connectivity index (χ3v) is 2.01. The molecule has 0 amide bonds. The van der Waals surface area contributed by atoms with Gasteiger partial charge in [0, 0.05) is 0 Å². The summed E-state index contributed by atoms with van der Waals surface area (Å²) in [6.45, 7) is 0. The van der Waals surface area contributed by atoms with Gasteiger partial charge in [-0.15, -0.1) is 13.2 Å². The third kappa shape index (κ3) is 3.32. The van der Waals surface area contributed by atoms with Crippen LogP contribution in [0, 0.1) is 0 Å². The maximum absolute atomic E-state index is 12.5.